The van der Waals surface area contributed by atoms with Gasteiger partial charge >= 0.3 is 99.8 Å². The van der Waals surface area contributed by atoms with Crippen LogP contribution in [0.4, 0.5) is 0 Å². The minimum Gasteiger partial charge on any atom is -0.168 e. The standard InChI is InChI=1S/C12H10Si.C9H7.C9H13.ClH.Zr/c1-3-7-11(8-4-1)13-12-9-5-2-6-10-12;1-2-5-9-7-3-6-8(9)4-1;1-6-5-7(2)9(4)8(6)3;;/h1-10H;1-7H;5H,1-4H3;1H;/q;2*-1;;/p-1. The van der Waals surface area contributed by atoms with E-state index in [1.807, 2.05) is 0 Å². The van der Waals surface area contributed by atoms with Gasteiger partial charge in [0, 0.05) is 0 Å². The molecular weight excluding hydrogens is 515 g/mol. The third-order valence-corrected chi connectivity index (χ3v) is 11.9. The first-order valence-corrected chi connectivity index (χ1v) is 16.2. The van der Waals surface area contributed by atoms with Crippen molar-refractivity contribution < 1.29 is 35.7 Å². The second-order valence-electron chi connectivity index (χ2n) is 8.02. The van der Waals surface area contributed by atoms with Gasteiger partial charge in [-0.05, 0) is 0 Å². The second-order valence-corrected chi connectivity index (χ2v) is 13.6. The van der Waals surface area contributed by atoms with Gasteiger partial charge in [-0.15, -0.1) is 29.7 Å². The molecule has 0 unspecified atom stereocenters. The van der Waals surface area contributed by atoms with Crippen molar-refractivity contribution in [2.75, 3.05) is 0 Å². The molecule has 0 bridgehead atoms. The molecule has 0 atom stereocenters. The molecule has 0 saturated carbocycles. The smallest absolute Gasteiger partial charge is 0.0809 e. The first-order valence-electron chi connectivity index (χ1n) is 11.0. The zero-order valence-corrected chi connectivity index (χ0v) is 24.0. The van der Waals surface area contributed by atoms with Gasteiger partial charge in [0.05, 0.1) is 0 Å². The summed E-state index contributed by atoms with van der Waals surface area (Å²) < 4.78 is 0. The van der Waals surface area contributed by atoms with Gasteiger partial charge in [-0.25, -0.2) is 0 Å². The average molecular weight is 545 g/mol. The molecule has 0 amide bonds. The largest absolute Gasteiger partial charge is 0.168 e. The van der Waals surface area contributed by atoms with Crippen LogP contribution in [0.15, 0.2) is 109 Å². The van der Waals surface area contributed by atoms with Crippen molar-refractivity contribution in [3.05, 3.63) is 131 Å². The monoisotopic (exact) mass is 543 g/mol. The van der Waals surface area contributed by atoms with E-state index in [1.54, 1.807) is 23.3 Å². The first kappa shape index (κ1) is 27.3. The summed E-state index contributed by atoms with van der Waals surface area (Å²) in [7, 11) is 0. The first-order chi connectivity index (χ1) is 15.5. The van der Waals surface area contributed by atoms with Gasteiger partial charge in [0.15, 0.2) is 0 Å². The van der Waals surface area contributed by atoms with Crippen LogP contribution in [-0.4, -0.2) is 5.43 Å². The average Bonchev–Trinajstić information content (AvgIpc) is 3.41. The summed E-state index contributed by atoms with van der Waals surface area (Å²) in [4.78, 5) is 0. The quantitative estimate of drug-likeness (QED) is 0.235. The Balaban J connectivity index is 0.000000179. The van der Waals surface area contributed by atoms with Crippen LogP contribution < -0.4 is 22.8 Å². The molecule has 5 aromatic carbocycles. The van der Waals surface area contributed by atoms with Gasteiger partial charge in [-0.2, -0.15) is 45.8 Å². The minimum atomic E-state index is -0.455. The Morgan fingerprint density at radius 3 is 1.67 bits per heavy atom. The summed E-state index contributed by atoms with van der Waals surface area (Å²) in [6, 6.07) is 38.6. The molecule has 0 fully saturated rings. The van der Waals surface area contributed by atoms with Crippen LogP contribution in [0.1, 0.15) is 22.3 Å². The van der Waals surface area contributed by atoms with Gasteiger partial charge in [-0.1, -0.05) is 33.8 Å². The molecule has 0 aromatic heterocycles. The van der Waals surface area contributed by atoms with Crippen LogP contribution in [0.3, 0.4) is 0 Å². The van der Waals surface area contributed by atoms with Gasteiger partial charge < -0.3 is 12.4 Å². The number of hydrogen-bond acceptors (Lipinski definition) is 0. The molecule has 0 aliphatic rings. The van der Waals surface area contributed by atoms with Crippen LogP contribution in [0.25, 0.3) is 10.8 Å². The van der Waals surface area contributed by atoms with Crippen LogP contribution in [0.5, 0.6) is 0 Å². The molecule has 0 saturated heterocycles. The van der Waals surface area contributed by atoms with Crippen molar-refractivity contribution in [2.24, 2.45) is 0 Å². The maximum Gasteiger partial charge on any atom is -0.0809 e. The van der Waals surface area contributed by atoms with Crippen LogP contribution in [-0.2, 0) is 23.3 Å². The van der Waals surface area contributed by atoms with E-state index >= 15 is 0 Å². The Bertz CT molecular complexity index is 1170. The van der Waals surface area contributed by atoms with Crippen LogP contribution >= 0.6 is 0 Å². The molecule has 5 rings (SSSR count). The maximum atomic E-state index is 2.25. The summed E-state index contributed by atoms with van der Waals surface area (Å²) in [6.07, 6.45) is 0. The number of rotatable bonds is 2. The Morgan fingerprint density at radius 2 is 1.24 bits per heavy atom. The number of aryl methyl sites for hydroxylation is 2. The third kappa shape index (κ3) is 7.78. The number of fused-ring (bicyclic) bond motifs is 1. The number of hydrogen-bond donors (Lipinski definition) is 0. The maximum absolute atomic E-state index is 2.25. The van der Waals surface area contributed by atoms with E-state index in [-0.39, 0.29) is 12.4 Å². The van der Waals surface area contributed by atoms with Gasteiger partial charge in [0.25, 0.3) is 0 Å². The summed E-state index contributed by atoms with van der Waals surface area (Å²) in [5, 5.41) is 5.69. The Labute approximate surface area is 220 Å². The number of benzene rings is 3. The molecule has 0 N–H and O–H groups in total. The predicted octanol–water partition coefficient (Wildman–Crippen LogP) is 3.54. The fraction of sp³-hybridized carbons (Fsp3) is 0.133. The van der Waals surface area contributed by atoms with E-state index in [0.717, 1.165) is 0 Å². The summed E-state index contributed by atoms with van der Waals surface area (Å²) in [6.45, 7) is 8.68. The molecule has 5 aromatic rings. The second kappa shape index (κ2) is 13.7. The van der Waals surface area contributed by atoms with Gasteiger partial charge in [0.2, 0.25) is 0 Å². The fourth-order valence-corrected chi connectivity index (χ4v) is 7.42. The molecule has 0 radical (unpaired) electrons. The van der Waals surface area contributed by atoms with Crippen molar-refractivity contribution in [1.29, 1.82) is 0 Å². The fourth-order valence-electron chi connectivity index (χ4n) is 3.58. The van der Waals surface area contributed by atoms with E-state index in [0.29, 0.717) is 0 Å². The normalized spacial score (nSPS) is 9.67. The molecule has 0 heterocycles. The SMILES string of the molecule is Cc1c[c-](C)c(C)c1C.[Cl-].[Zr]=[Si](c1ccccc1)c1ccccc1.c1ccc2[cH-]ccc2c1. The molecule has 0 spiro atoms. The Morgan fingerprint density at radius 1 is 0.727 bits per heavy atom. The zero-order chi connectivity index (χ0) is 22.9. The van der Waals surface area contributed by atoms with E-state index < -0.39 is 5.43 Å². The molecule has 0 aliphatic carbocycles. The molecule has 168 valence electrons. The molecular formula is C30H30ClSiZr-3. The summed E-state index contributed by atoms with van der Waals surface area (Å²) >= 11 is 1.64. The van der Waals surface area contributed by atoms with E-state index in [9.17, 15) is 0 Å². The van der Waals surface area contributed by atoms with E-state index in [1.165, 1.54) is 43.4 Å². The number of halogens is 1. The third-order valence-electron chi connectivity index (χ3n) is 5.85. The molecule has 3 heteroatoms. The molecule has 0 aliphatic heterocycles. The van der Waals surface area contributed by atoms with Crippen LogP contribution in [0.2, 0.25) is 0 Å². The zero-order valence-electron chi connectivity index (χ0n) is 19.8. The van der Waals surface area contributed by atoms with E-state index in [2.05, 4.69) is 137 Å². The van der Waals surface area contributed by atoms with Crippen LogP contribution in [0, 0.1) is 27.7 Å². The Kier molecular flexibility index (Phi) is 11.3. The summed E-state index contributed by atoms with van der Waals surface area (Å²) in [5.41, 5.74) is 5.29. The summed E-state index contributed by atoms with van der Waals surface area (Å²) in [5.74, 6) is 0. The topological polar surface area (TPSA) is 0 Å². The van der Waals surface area contributed by atoms with Crippen molar-refractivity contribution in [3.8, 4) is 0 Å². The molecule has 0 nitrogen and oxygen atoms in total. The predicted molar refractivity (Wildman–Crippen MR) is 138 cm³/mol. The van der Waals surface area contributed by atoms with Crippen molar-refractivity contribution in [2.45, 2.75) is 27.7 Å². The van der Waals surface area contributed by atoms with Crippen molar-refractivity contribution in [3.63, 3.8) is 0 Å². The Hall–Kier alpha value is -1.99. The molecule has 33 heavy (non-hydrogen) atoms. The van der Waals surface area contributed by atoms with Gasteiger partial charge in [-0.3, -0.25) is 0 Å². The van der Waals surface area contributed by atoms with E-state index in [4.69, 9.17) is 0 Å². The van der Waals surface area contributed by atoms with Crippen molar-refractivity contribution >= 4 is 26.6 Å². The van der Waals surface area contributed by atoms with Gasteiger partial charge in [0.1, 0.15) is 0 Å². The van der Waals surface area contributed by atoms with Crippen molar-refractivity contribution in [1.82, 2.24) is 0 Å². The minimum absolute atomic E-state index is 0.